The summed E-state index contributed by atoms with van der Waals surface area (Å²) in [5, 5.41) is 20.4. The van der Waals surface area contributed by atoms with E-state index in [-0.39, 0.29) is 18.0 Å². The maximum Gasteiger partial charge on any atom is 0.304 e. The fourth-order valence-electron chi connectivity index (χ4n) is 1.83. The van der Waals surface area contributed by atoms with Crippen LogP contribution in [0.1, 0.15) is 25.8 Å². The Morgan fingerprint density at radius 3 is 2.24 bits per heavy atom. The second kappa shape index (κ2) is 7.42. The number of phenols is 1. The molecule has 114 valence electrons. The minimum Gasteiger partial charge on any atom is -0.508 e. The lowest BCUT2D eigenvalue weighted by molar-refractivity contribution is -0.141. The maximum absolute atomic E-state index is 11.9. The number of carbonyl (C=O) groups is 3. The molecule has 6 nitrogen and oxygen atoms in total. The van der Waals surface area contributed by atoms with Gasteiger partial charge in [0.05, 0.1) is 12.5 Å². The second-order valence-electron chi connectivity index (χ2n) is 5.04. The normalized spacial score (nSPS) is 13.2. The van der Waals surface area contributed by atoms with E-state index in [0.29, 0.717) is 6.42 Å². The van der Waals surface area contributed by atoms with Crippen LogP contribution in [0, 0.1) is 5.92 Å². The molecule has 0 saturated heterocycles. The number of carboxylic acid groups (broad SMARTS) is 1. The van der Waals surface area contributed by atoms with Crippen molar-refractivity contribution in [1.29, 1.82) is 0 Å². The number of aliphatic carboxylic acids is 1. The number of phenolic OH excluding ortho intramolecular Hbond substituents is 1. The maximum atomic E-state index is 11.9. The summed E-state index contributed by atoms with van der Waals surface area (Å²) in [5.41, 5.74) is 0.791. The first-order chi connectivity index (χ1) is 9.79. The number of amides is 1. The predicted molar refractivity (Wildman–Crippen MR) is 75.8 cm³/mol. The van der Waals surface area contributed by atoms with Crippen LogP contribution in [0.2, 0.25) is 0 Å². The van der Waals surface area contributed by atoms with E-state index >= 15 is 0 Å². The molecule has 6 heteroatoms. The first-order valence-corrected chi connectivity index (χ1v) is 6.60. The predicted octanol–water partition coefficient (Wildman–Crippen LogP) is 1.12. The number of hydrogen-bond acceptors (Lipinski definition) is 4. The van der Waals surface area contributed by atoms with Crippen molar-refractivity contribution in [3.05, 3.63) is 29.8 Å². The van der Waals surface area contributed by atoms with Gasteiger partial charge in [0.25, 0.3) is 0 Å². The van der Waals surface area contributed by atoms with Gasteiger partial charge in [0.15, 0.2) is 5.78 Å². The molecule has 0 aliphatic rings. The van der Waals surface area contributed by atoms with Crippen LogP contribution < -0.4 is 5.32 Å². The number of carboxylic acids is 1. The van der Waals surface area contributed by atoms with Crippen LogP contribution in [0.5, 0.6) is 5.75 Å². The van der Waals surface area contributed by atoms with Gasteiger partial charge in [0, 0.05) is 5.92 Å². The van der Waals surface area contributed by atoms with Crippen LogP contribution >= 0.6 is 0 Å². The molecule has 21 heavy (non-hydrogen) atoms. The van der Waals surface area contributed by atoms with Gasteiger partial charge in [-0.1, -0.05) is 19.1 Å². The fraction of sp³-hybridized carbons (Fsp3) is 0.400. The third kappa shape index (κ3) is 5.64. The molecule has 1 aromatic carbocycles. The molecule has 0 bridgehead atoms. The Morgan fingerprint density at radius 2 is 1.76 bits per heavy atom. The number of carbonyl (C=O) groups excluding carboxylic acids is 2. The number of hydrogen-bond donors (Lipinski definition) is 3. The number of nitrogens with one attached hydrogen (secondary N) is 1. The lowest BCUT2D eigenvalue weighted by atomic mass is 10.0. The molecule has 0 saturated carbocycles. The first kappa shape index (κ1) is 16.7. The quantitative estimate of drug-likeness (QED) is 0.699. The van der Waals surface area contributed by atoms with Crippen molar-refractivity contribution in [2.75, 3.05) is 0 Å². The summed E-state index contributed by atoms with van der Waals surface area (Å²) < 4.78 is 0. The zero-order chi connectivity index (χ0) is 16.0. The SMILES string of the molecule is CC(=O)[C@@H](Cc1ccc(O)cc1)NC(=O)C(C)CC(=O)O. The summed E-state index contributed by atoms with van der Waals surface area (Å²) in [7, 11) is 0. The van der Waals surface area contributed by atoms with E-state index in [0.717, 1.165) is 5.56 Å². The molecule has 0 fully saturated rings. The molecule has 0 aliphatic heterocycles. The van der Waals surface area contributed by atoms with E-state index in [1.54, 1.807) is 12.1 Å². The Hall–Kier alpha value is -2.37. The molecular formula is C15H19NO5. The van der Waals surface area contributed by atoms with Crippen LogP contribution in [0.25, 0.3) is 0 Å². The molecule has 1 unspecified atom stereocenters. The zero-order valence-corrected chi connectivity index (χ0v) is 12.0. The number of Topliss-reactive ketones (excluding diaryl/α,β-unsaturated/α-hetero) is 1. The topological polar surface area (TPSA) is 104 Å². The van der Waals surface area contributed by atoms with Gasteiger partial charge in [-0.15, -0.1) is 0 Å². The first-order valence-electron chi connectivity index (χ1n) is 6.60. The summed E-state index contributed by atoms with van der Waals surface area (Å²) in [6, 6.07) is 5.62. The van der Waals surface area contributed by atoms with Crippen LogP contribution in [0.4, 0.5) is 0 Å². The number of rotatable bonds is 7. The Bertz CT molecular complexity index is 523. The molecule has 1 rings (SSSR count). The fourth-order valence-corrected chi connectivity index (χ4v) is 1.83. The van der Waals surface area contributed by atoms with E-state index in [1.807, 2.05) is 0 Å². The summed E-state index contributed by atoms with van der Waals surface area (Å²) in [6.45, 7) is 2.87. The van der Waals surface area contributed by atoms with Gasteiger partial charge in [-0.2, -0.15) is 0 Å². The van der Waals surface area contributed by atoms with E-state index in [1.165, 1.54) is 26.0 Å². The van der Waals surface area contributed by atoms with E-state index in [9.17, 15) is 19.5 Å². The van der Waals surface area contributed by atoms with Gasteiger partial charge in [0.1, 0.15) is 5.75 Å². The molecule has 1 amide bonds. The highest BCUT2D eigenvalue weighted by atomic mass is 16.4. The molecule has 1 aromatic rings. The average molecular weight is 293 g/mol. The van der Waals surface area contributed by atoms with Crippen molar-refractivity contribution in [2.24, 2.45) is 5.92 Å². The van der Waals surface area contributed by atoms with Crippen molar-refractivity contribution in [2.45, 2.75) is 32.7 Å². The summed E-state index contributed by atoms with van der Waals surface area (Å²) in [5.74, 6) is -2.31. The van der Waals surface area contributed by atoms with Crippen LogP contribution in [0.3, 0.4) is 0 Å². The second-order valence-corrected chi connectivity index (χ2v) is 5.04. The van der Waals surface area contributed by atoms with Gasteiger partial charge >= 0.3 is 5.97 Å². The summed E-state index contributed by atoms with van der Waals surface area (Å²) in [4.78, 5) is 34.1. The highest BCUT2D eigenvalue weighted by molar-refractivity contribution is 5.89. The van der Waals surface area contributed by atoms with Crippen LogP contribution in [0.15, 0.2) is 24.3 Å². The van der Waals surface area contributed by atoms with Crippen LogP contribution in [-0.4, -0.2) is 33.9 Å². The highest BCUT2D eigenvalue weighted by Crippen LogP contribution is 2.12. The van der Waals surface area contributed by atoms with Gasteiger partial charge in [0.2, 0.25) is 5.91 Å². The third-order valence-corrected chi connectivity index (χ3v) is 3.11. The third-order valence-electron chi connectivity index (χ3n) is 3.11. The Labute approximate surface area is 122 Å². The minimum atomic E-state index is -1.06. The smallest absolute Gasteiger partial charge is 0.304 e. The van der Waals surface area contributed by atoms with E-state index in [4.69, 9.17) is 5.11 Å². The molecule has 0 heterocycles. The number of aromatic hydroxyl groups is 1. The van der Waals surface area contributed by atoms with Gasteiger partial charge in [-0.3, -0.25) is 14.4 Å². The molecule has 3 N–H and O–H groups in total. The zero-order valence-electron chi connectivity index (χ0n) is 12.0. The highest BCUT2D eigenvalue weighted by Gasteiger charge is 2.22. The van der Waals surface area contributed by atoms with Crippen molar-refractivity contribution in [1.82, 2.24) is 5.32 Å². The molecule has 0 aromatic heterocycles. The lowest BCUT2D eigenvalue weighted by Crippen LogP contribution is -2.44. The number of ketones is 1. The van der Waals surface area contributed by atoms with Crippen molar-refractivity contribution >= 4 is 17.7 Å². The standard InChI is InChI=1S/C15H19NO5/c1-9(7-14(19)20)15(21)16-13(10(2)17)8-11-3-5-12(18)6-4-11/h3-6,9,13,18H,7-8H2,1-2H3,(H,16,21)(H,19,20)/t9?,13-/m1/s1. The molecular weight excluding hydrogens is 274 g/mol. The molecule has 0 radical (unpaired) electrons. The molecule has 0 aliphatic carbocycles. The van der Waals surface area contributed by atoms with E-state index in [2.05, 4.69) is 5.32 Å². The number of benzene rings is 1. The summed E-state index contributed by atoms with van der Waals surface area (Å²) >= 11 is 0. The minimum absolute atomic E-state index is 0.122. The van der Waals surface area contributed by atoms with Crippen molar-refractivity contribution in [3.8, 4) is 5.75 Å². The molecule has 0 spiro atoms. The Kier molecular flexibility index (Phi) is 5.90. The Morgan fingerprint density at radius 1 is 1.19 bits per heavy atom. The van der Waals surface area contributed by atoms with Gasteiger partial charge < -0.3 is 15.5 Å². The van der Waals surface area contributed by atoms with Gasteiger partial charge in [-0.25, -0.2) is 0 Å². The monoisotopic (exact) mass is 293 g/mol. The van der Waals surface area contributed by atoms with Crippen molar-refractivity contribution in [3.63, 3.8) is 0 Å². The Balaban J connectivity index is 2.69. The average Bonchev–Trinajstić information content (AvgIpc) is 2.39. The summed E-state index contributed by atoms with van der Waals surface area (Å²) in [6.07, 6.45) is 0.0107. The van der Waals surface area contributed by atoms with Crippen LogP contribution in [-0.2, 0) is 20.8 Å². The van der Waals surface area contributed by atoms with Gasteiger partial charge in [-0.05, 0) is 31.0 Å². The molecule has 2 atom stereocenters. The van der Waals surface area contributed by atoms with E-state index < -0.39 is 23.8 Å². The van der Waals surface area contributed by atoms with Crippen molar-refractivity contribution < 1.29 is 24.6 Å². The largest absolute Gasteiger partial charge is 0.508 e. The lowest BCUT2D eigenvalue weighted by Gasteiger charge is -2.18.